The van der Waals surface area contributed by atoms with Crippen LogP contribution in [0.25, 0.3) is 0 Å². The van der Waals surface area contributed by atoms with Gasteiger partial charge in [0, 0.05) is 0 Å². The molecule has 1 unspecified atom stereocenters. The van der Waals surface area contributed by atoms with E-state index in [9.17, 15) is 9.46 Å². The lowest BCUT2D eigenvalue weighted by Crippen LogP contribution is -2.16. The van der Waals surface area contributed by atoms with Gasteiger partial charge in [0.2, 0.25) is 0 Å². The number of hydrogen-bond acceptors (Lipinski definition) is 2. The maximum atomic E-state index is 12.4. The van der Waals surface area contributed by atoms with E-state index in [0.717, 1.165) is 37.7 Å². The summed E-state index contributed by atoms with van der Waals surface area (Å²) in [4.78, 5) is 10.2. The molecule has 19 heavy (non-hydrogen) atoms. The molecule has 0 saturated heterocycles. The molecule has 4 heteroatoms. The van der Waals surface area contributed by atoms with Gasteiger partial charge in [-0.1, -0.05) is 45.7 Å². The van der Waals surface area contributed by atoms with Gasteiger partial charge in [0.1, 0.15) is 0 Å². The summed E-state index contributed by atoms with van der Waals surface area (Å²) >= 11 is 0. The van der Waals surface area contributed by atoms with Crippen LogP contribution >= 0.6 is 7.60 Å². The Hall–Kier alpha value is -0.630. The molecule has 1 aromatic carbocycles. The van der Waals surface area contributed by atoms with E-state index in [0.29, 0.717) is 11.9 Å². The molecule has 0 bridgehead atoms. The third-order valence-corrected chi connectivity index (χ3v) is 4.60. The fourth-order valence-corrected chi connectivity index (χ4v) is 3.65. The van der Waals surface area contributed by atoms with Crippen LogP contribution in [0.5, 0.6) is 0 Å². The molecule has 0 aliphatic heterocycles. The molecular formula is C15H25O3P. The minimum atomic E-state index is -3.68. The van der Waals surface area contributed by atoms with Crippen molar-refractivity contribution in [2.45, 2.75) is 52.9 Å². The van der Waals surface area contributed by atoms with E-state index in [1.54, 1.807) is 6.07 Å². The summed E-state index contributed by atoms with van der Waals surface area (Å²) in [6.07, 6.45) is 4.50. The summed E-state index contributed by atoms with van der Waals surface area (Å²) in [6, 6.07) is 5.65. The van der Waals surface area contributed by atoms with E-state index in [1.165, 1.54) is 5.56 Å². The smallest absolute Gasteiger partial charge is 0.321 e. The number of hydrogen-bond donors (Lipinski definition) is 1. The maximum Gasteiger partial charge on any atom is 0.359 e. The zero-order valence-electron chi connectivity index (χ0n) is 12.2. The number of rotatable bonds is 8. The standard InChI is InChI=1S/C15H25O3P/c1-4-8-13-10-7-11-15(14(13)9-5-2)19(16,17)18-12-6-3/h7,10-11H,4-6,8-9,12H2,1-3H3,(H,16,17). The van der Waals surface area contributed by atoms with Crippen LogP contribution in [0.4, 0.5) is 0 Å². The van der Waals surface area contributed by atoms with E-state index < -0.39 is 7.60 Å². The lowest BCUT2D eigenvalue weighted by Gasteiger charge is -2.18. The highest BCUT2D eigenvalue weighted by Gasteiger charge is 2.26. The second-order valence-electron chi connectivity index (χ2n) is 4.77. The molecule has 108 valence electrons. The Labute approximate surface area is 116 Å². The minimum absolute atomic E-state index is 0.317. The van der Waals surface area contributed by atoms with Crippen LogP contribution in [0.1, 0.15) is 51.2 Å². The number of aryl methyl sites for hydroxylation is 1. The summed E-state index contributed by atoms with van der Waals surface area (Å²) in [5.41, 5.74) is 2.19. The van der Waals surface area contributed by atoms with E-state index in [-0.39, 0.29) is 0 Å². The minimum Gasteiger partial charge on any atom is -0.321 e. The highest BCUT2D eigenvalue weighted by atomic mass is 31.2. The summed E-state index contributed by atoms with van der Waals surface area (Å²) in [5.74, 6) is 0. The Morgan fingerprint density at radius 2 is 1.79 bits per heavy atom. The first-order chi connectivity index (χ1) is 9.06. The average molecular weight is 284 g/mol. The fraction of sp³-hybridized carbons (Fsp3) is 0.600. The lowest BCUT2D eigenvalue weighted by molar-refractivity contribution is 0.269. The molecule has 1 rings (SSSR count). The van der Waals surface area contributed by atoms with Crippen LogP contribution in [-0.4, -0.2) is 11.5 Å². The van der Waals surface area contributed by atoms with Gasteiger partial charge >= 0.3 is 7.60 Å². The second kappa shape index (κ2) is 7.84. The summed E-state index contributed by atoms with van der Waals surface area (Å²) < 4.78 is 17.6. The van der Waals surface area contributed by atoms with E-state index >= 15 is 0 Å². The van der Waals surface area contributed by atoms with Gasteiger partial charge in [-0.05, 0) is 36.5 Å². The van der Waals surface area contributed by atoms with Gasteiger partial charge < -0.3 is 9.42 Å². The molecular weight excluding hydrogens is 259 g/mol. The summed E-state index contributed by atoms with van der Waals surface area (Å²) in [5, 5.41) is 0.494. The molecule has 0 aromatic heterocycles. The summed E-state index contributed by atoms with van der Waals surface area (Å²) in [7, 11) is -3.68. The Kier molecular flexibility index (Phi) is 6.78. The van der Waals surface area contributed by atoms with Gasteiger partial charge in [0.05, 0.1) is 11.9 Å². The molecule has 0 heterocycles. The molecule has 0 aliphatic carbocycles. The first kappa shape index (κ1) is 16.4. The second-order valence-corrected chi connectivity index (χ2v) is 6.55. The van der Waals surface area contributed by atoms with Crippen LogP contribution in [0.15, 0.2) is 18.2 Å². The van der Waals surface area contributed by atoms with Crippen LogP contribution in [0, 0.1) is 0 Å². The Bertz CT molecular complexity index is 443. The molecule has 0 spiro atoms. The quantitative estimate of drug-likeness (QED) is 0.738. The largest absolute Gasteiger partial charge is 0.359 e. The Balaban J connectivity index is 3.17. The lowest BCUT2D eigenvalue weighted by atomic mass is 10.00. The van der Waals surface area contributed by atoms with Crippen molar-refractivity contribution in [3.63, 3.8) is 0 Å². The van der Waals surface area contributed by atoms with Crippen molar-refractivity contribution in [3.8, 4) is 0 Å². The highest BCUT2D eigenvalue weighted by Crippen LogP contribution is 2.42. The average Bonchev–Trinajstić information content (AvgIpc) is 2.39. The molecule has 1 atom stereocenters. The van der Waals surface area contributed by atoms with Gasteiger partial charge in [0.15, 0.2) is 0 Å². The topological polar surface area (TPSA) is 46.5 Å². The van der Waals surface area contributed by atoms with Gasteiger partial charge in [-0.25, -0.2) is 0 Å². The molecule has 0 saturated carbocycles. The third kappa shape index (κ3) is 4.45. The van der Waals surface area contributed by atoms with Gasteiger partial charge in [0.25, 0.3) is 0 Å². The maximum absolute atomic E-state index is 12.4. The molecule has 0 fully saturated rings. The predicted octanol–water partition coefficient (Wildman–Crippen LogP) is 3.83. The highest BCUT2D eigenvalue weighted by molar-refractivity contribution is 7.61. The van der Waals surface area contributed by atoms with Crippen molar-refractivity contribution in [3.05, 3.63) is 29.3 Å². The number of benzene rings is 1. The monoisotopic (exact) mass is 284 g/mol. The van der Waals surface area contributed by atoms with Crippen molar-refractivity contribution >= 4 is 12.9 Å². The zero-order chi connectivity index (χ0) is 14.3. The predicted molar refractivity (Wildman–Crippen MR) is 80.1 cm³/mol. The van der Waals surface area contributed by atoms with Crippen molar-refractivity contribution < 1.29 is 14.0 Å². The SMILES string of the molecule is CCCOP(=O)(O)c1cccc(CCC)c1CCC. The Morgan fingerprint density at radius 3 is 2.37 bits per heavy atom. The van der Waals surface area contributed by atoms with Crippen LogP contribution in [-0.2, 0) is 21.9 Å². The molecule has 3 nitrogen and oxygen atoms in total. The van der Waals surface area contributed by atoms with Crippen LogP contribution < -0.4 is 5.30 Å². The van der Waals surface area contributed by atoms with Crippen molar-refractivity contribution in [2.24, 2.45) is 0 Å². The van der Waals surface area contributed by atoms with Crippen LogP contribution in [0.2, 0.25) is 0 Å². The molecule has 0 radical (unpaired) electrons. The normalized spacial score (nSPS) is 14.3. The molecule has 1 N–H and O–H groups in total. The molecule has 0 amide bonds. The van der Waals surface area contributed by atoms with E-state index in [2.05, 4.69) is 19.9 Å². The first-order valence-corrected chi connectivity index (χ1v) is 8.73. The zero-order valence-corrected chi connectivity index (χ0v) is 13.1. The van der Waals surface area contributed by atoms with Gasteiger partial charge in [-0.3, -0.25) is 4.57 Å². The van der Waals surface area contributed by atoms with Gasteiger partial charge in [-0.15, -0.1) is 0 Å². The Morgan fingerprint density at radius 1 is 1.11 bits per heavy atom. The van der Waals surface area contributed by atoms with E-state index in [4.69, 9.17) is 4.52 Å². The van der Waals surface area contributed by atoms with Gasteiger partial charge in [-0.2, -0.15) is 0 Å². The first-order valence-electron chi connectivity index (χ1n) is 7.15. The van der Waals surface area contributed by atoms with Crippen molar-refractivity contribution in [1.82, 2.24) is 0 Å². The van der Waals surface area contributed by atoms with E-state index in [1.807, 2.05) is 13.0 Å². The summed E-state index contributed by atoms with van der Waals surface area (Å²) in [6.45, 7) is 6.45. The third-order valence-electron chi connectivity index (χ3n) is 3.04. The molecule has 1 aromatic rings. The fourth-order valence-electron chi connectivity index (χ4n) is 2.21. The van der Waals surface area contributed by atoms with Crippen molar-refractivity contribution in [1.29, 1.82) is 0 Å². The van der Waals surface area contributed by atoms with Crippen LogP contribution in [0.3, 0.4) is 0 Å². The molecule has 0 aliphatic rings. The van der Waals surface area contributed by atoms with Crippen molar-refractivity contribution in [2.75, 3.05) is 6.61 Å².